The smallest absolute Gasteiger partial charge is 0.194 e. The van der Waals surface area contributed by atoms with E-state index in [1.54, 1.807) is 0 Å². The Balaban J connectivity index is 1.87. The van der Waals surface area contributed by atoms with E-state index in [1.165, 1.54) is 0 Å². The Labute approximate surface area is 255 Å². The third-order valence-electron chi connectivity index (χ3n) is 9.36. The number of alkyl halides is 19. The van der Waals surface area contributed by atoms with Crippen molar-refractivity contribution in [3.8, 4) is 0 Å². The van der Waals surface area contributed by atoms with Gasteiger partial charge in [-0.05, 0) is 67.8 Å². The molecule has 0 aromatic heterocycles. The summed E-state index contributed by atoms with van der Waals surface area (Å²) in [6.45, 7) is 2.13. The molecular formula is C28H27F19. The summed E-state index contributed by atoms with van der Waals surface area (Å²) in [5.41, 5.74) is -2.05. The van der Waals surface area contributed by atoms with Crippen LogP contribution in [0.5, 0.6) is 0 Å². The van der Waals surface area contributed by atoms with E-state index in [-0.39, 0.29) is 23.6 Å². The Hall–Kier alpha value is -2.11. The van der Waals surface area contributed by atoms with E-state index in [2.05, 4.69) is 6.92 Å². The fourth-order valence-electron chi connectivity index (χ4n) is 6.19. The monoisotopic (exact) mass is 724 g/mol. The Bertz CT molecular complexity index is 1220. The van der Waals surface area contributed by atoms with Gasteiger partial charge in [0, 0.05) is 5.56 Å². The molecule has 19 heteroatoms. The average Bonchev–Trinajstić information content (AvgIpc) is 2.96. The van der Waals surface area contributed by atoms with Crippen molar-refractivity contribution < 1.29 is 83.4 Å². The minimum atomic E-state index is -8.92. The van der Waals surface area contributed by atoms with Crippen LogP contribution in [-0.2, 0) is 5.92 Å². The normalized spacial score (nSPS) is 25.2. The van der Waals surface area contributed by atoms with Crippen molar-refractivity contribution in [3.63, 3.8) is 0 Å². The van der Waals surface area contributed by atoms with E-state index in [0.717, 1.165) is 25.7 Å². The van der Waals surface area contributed by atoms with E-state index >= 15 is 0 Å². The van der Waals surface area contributed by atoms with Gasteiger partial charge in [-0.25, -0.2) is 0 Å². The molecule has 1 aromatic carbocycles. The summed E-state index contributed by atoms with van der Waals surface area (Å²) in [7, 11) is 0. The molecule has 2 aliphatic rings. The molecule has 0 aliphatic heterocycles. The van der Waals surface area contributed by atoms with Crippen LogP contribution < -0.4 is 0 Å². The van der Waals surface area contributed by atoms with Crippen molar-refractivity contribution in [1.29, 1.82) is 0 Å². The van der Waals surface area contributed by atoms with E-state index < -0.39 is 59.1 Å². The van der Waals surface area contributed by atoms with Crippen LogP contribution >= 0.6 is 0 Å². The molecule has 0 spiro atoms. The molecule has 0 heterocycles. The first-order valence-corrected chi connectivity index (χ1v) is 14.1. The zero-order valence-corrected chi connectivity index (χ0v) is 24.0. The van der Waals surface area contributed by atoms with Gasteiger partial charge in [-0.1, -0.05) is 44.0 Å². The van der Waals surface area contributed by atoms with E-state index in [4.69, 9.17) is 0 Å². The van der Waals surface area contributed by atoms with Crippen molar-refractivity contribution in [2.75, 3.05) is 0 Å². The number of hydrogen-bond acceptors (Lipinski definition) is 0. The predicted molar refractivity (Wildman–Crippen MR) is 127 cm³/mol. The Kier molecular flexibility index (Phi) is 10.1. The van der Waals surface area contributed by atoms with Gasteiger partial charge in [-0.2, -0.15) is 83.4 Å². The van der Waals surface area contributed by atoms with Crippen LogP contribution in [0.1, 0.15) is 75.3 Å². The number of rotatable bonds is 10. The van der Waals surface area contributed by atoms with Gasteiger partial charge < -0.3 is 0 Å². The highest BCUT2D eigenvalue weighted by molar-refractivity contribution is 5.31. The summed E-state index contributed by atoms with van der Waals surface area (Å²) >= 11 is 0. The molecule has 0 nitrogen and oxygen atoms in total. The second-order valence-corrected chi connectivity index (χ2v) is 12.3. The van der Waals surface area contributed by atoms with Crippen LogP contribution in [0.15, 0.2) is 24.3 Å². The van der Waals surface area contributed by atoms with Gasteiger partial charge >= 0.3 is 53.6 Å². The van der Waals surface area contributed by atoms with Crippen molar-refractivity contribution in [2.24, 2.45) is 17.8 Å². The Morgan fingerprint density at radius 1 is 0.404 bits per heavy atom. The fraction of sp³-hybridized carbons (Fsp3) is 0.786. The lowest BCUT2D eigenvalue weighted by molar-refractivity contribution is -0.469. The highest BCUT2D eigenvalue weighted by atomic mass is 19.4. The molecule has 0 amide bonds. The molecule has 2 fully saturated rings. The zero-order chi connectivity index (χ0) is 36.4. The number of hydrogen-bond donors (Lipinski definition) is 0. The van der Waals surface area contributed by atoms with Gasteiger partial charge in [0.05, 0.1) is 0 Å². The number of halogens is 19. The average molecular weight is 724 g/mol. The summed E-state index contributed by atoms with van der Waals surface area (Å²) in [4.78, 5) is 0. The molecule has 3 rings (SSSR count). The lowest BCUT2D eigenvalue weighted by atomic mass is 9.68. The van der Waals surface area contributed by atoms with Crippen LogP contribution in [-0.4, -0.2) is 47.6 Å². The van der Waals surface area contributed by atoms with Gasteiger partial charge in [0.25, 0.3) is 0 Å². The maximum Gasteiger partial charge on any atom is 0.460 e. The maximum absolute atomic E-state index is 14.7. The SMILES string of the molecule is CC1CCC(C2CCC(c3ccc(C(F)(F)C(F)(F)C(F)(F)C(F)(F)C(F)(F)C(F)(F)C(F)(F)C(F)(F)C(F)(F)F)cc3)CC2)CC1. The van der Waals surface area contributed by atoms with Gasteiger partial charge in [0.2, 0.25) is 0 Å². The molecule has 0 atom stereocenters. The molecule has 0 radical (unpaired) electrons. The quantitative estimate of drug-likeness (QED) is 0.211. The van der Waals surface area contributed by atoms with E-state index in [0.29, 0.717) is 55.6 Å². The van der Waals surface area contributed by atoms with Gasteiger partial charge in [0.1, 0.15) is 0 Å². The molecule has 0 unspecified atom stereocenters. The van der Waals surface area contributed by atoms with Gasteiger partial charge in [-0.15, -0.1) is 0 Å². The van der Waals surface area contributed by atoms with Gasteiger partial charge in [-0.3, -0.25) is 0 Å². The van der Waals surface area contributed by atoms with Crippen LogP contribution in [0, 0.1) is 17.8 Å². The third kappa shape index (κ3) is 5.94. The molecule has 272 valence electrons. The van der Waals surface area contributed by atoms with Crippen LogP contribution in [0.4, 0.5) is 83.4 Å². The highest BCUT2D eigenvalue weighted by Gasteiger charge is 2.96. The summed E-state index contributed by atoms with van der Waals surface area (Å²) in [6.07, 6.45) is -1.37. The molecule has 2 aliphatic carbocycles. The lowest BCUT2D eigenvalue weighted by Crippen LogP contribution is -2.75. The van der Waals surface area contributed by atoms with Crippen molar-refractivity contribution in [2.45, 2.75) is 118 Å². The second kappa shape index (κ2) is 12.0. The van der Waals surface area contributed by atoms with Crippen LogP contribution in [0.3, 0.4) is 0 Å². The fourth-order valence-corrected chi connectivity index (χ4v) is 6.19. The largest absolute Gasteiger partial charge is 0.460 e. The zero-order valence-electron chi connectivity index (χ0n) is 24.0. The van der Waals surface area contributed by atoms with Crippen LogP contribution in [0.25, 0.3) is 0 Å². The predicted octanol–water partition coefficient (Wildman–Crippen LogP) is 11.9. The lowest BCUT2D eigenvalue weighted by Gasteiger charge is -2.43. The van der Waals surface area contributed by atoms with E-state index in [1.807, 2.05) is 0 Å². The Morgan fingerprint density at radius 2 is 0.723 bits per heavy atom. The highest BCUT2D eigenvalue weighted by Crippen LogP contribution is 2.66. The molecule has 0 bridgehead atoms. The first-order chi connectivity index (χ1) is 20.9. The first kappa shape index (κ1) is 39.3. The minimum absolute atomic E-state index is 0.0247. The van der Waals surface area contributed by atoms with Gasteiger partial charge in [0.15, 0.2) is 0 Å². The standard InChI is InChI=1S/C28H27F19/c1-14-2-4-15(5-3-14)16-6-8-17(9-7-16)18-10-12-19(13-11-18)20(29,30)21(31,32)22(33,34)23(35,36)24(37,38)25(39,40)26(41,42)27(43,44)28(45,46)47/h10-17H,2-9H2,1H3. The van der Waals surface area contributed by atoms with Crippen molar-refractivity contribution in [3.05, 3.63) is 35.4 Å². The molecule has 47 heavy (non-hydrogen) atoms. The second-order valence-electron chi connectivity index (χ2n) is 12.3. The van der Waals surface area contributed by atoms with Crippen LogP contribution in [0.2, 0.25) is 0 Å². The maximum atomic E-state index is 14.7. The van der Waals surface area contributed by atoms with Crippen molar-refractivity contribution >= 4 is 0 Å². The summed E-state index contributed by atoms with van der Waals surface area (Å²) in [6, 6.07) is 1.48. The summed E-state index contributed by atoms with van der Waals surface area (Å²) in [5, 5.41) is 0. The van der Waals surface area contributed by atoms with Crippen molar-refractivity contribution in [1.82, 2.24) is 0 Å². The minimum Gasteiger partial charge on any atom is -0.194 e. The third-order valence-corrected chi connectivity index (χ3v) is 9.36. The molecule has 0 saturated heterocycles. The molecule has 1 aromatic rings. The number of benzene rings is 1. The molecule has 2 saturated carbocycles. The topological polar surface area (TPSA) is 0 Å². The van der Waals surface area contributed by atoms with E-state index in [9.17, 15) is 83.4 Å². The molecular weight excluding hydrogens is 697 g/mol. The summed E-state index contributed by atoms with van der Waals surface area (Å²) < 4.78 is 259. The first-order valence-electron chi connectivity index (χ1n) is 14.1. The summed E-state index contributed by atoms with van der Waals surface area (Å²) in [5.74, 6) is -65.5. The molecule has 0 N–H and O–H groups in total. The Morgan fingerprint density at radius 3 is 1.09 bits per heavy atom.